The summed E-state index contributed by atoms with van der Waals surface area (Å²) in [6, 6.07) is 9.11. The predicted octanol–water partition coefficient (Wildman–Crippen LogP) is 8.53. The fourth-order valence-corrected chi connectivity index (χ4v) is 3.71. The van der Waals surface area contributed by atoms with Gasteiger partial charge in [0.1, 0.15) is 11.6 Å². The molecule has 0 spiro atoms. The lowest BCUT2D eigenvalue weighted by atomic mass is 10.0. The first-order valence-corrected chi connectivity index (χ1v) is 12.1. The van der Waals surface area contributed by atoms with E-state index in [1.165, 1.54) is 75.8 Å². The molecule has 0 saturated carbocycles. The second-order valence-electron chi connectivity index (χ2n) is 8.33. The molecule has 2 rings (SSSR count). The Labute approximate surface area is 183 Å². The fourth-order valence-electron chi connectivity index (χ4n) is 3.71. The van der Waals surface area contributed by atoms with Crippen molar-refractivity contribution in [3.8, 4) is 17.0 Å². The van der Waals surface area contributed by atoms with Crippen LogP contribution in [-0.2, 0) is 6.42 Å². The summed E-state index contributed by atoms with van der Waals surface area (Å²) in [5.74, 6) is 0.323. The summed E-state index contributed by atoms with van der Waals surface area (Å²) in [5, 5.41) is 0. The van der Waals surface area contributed by atoms with E-state index in [2.05, 4.69) is 24.9 Å². The Bertz CT molecular complexity index is 699. The van der Waals surface area contributed by atoms with Crippen LogP contribution in [0.3, 0.4) is 0 Å². The number of aromatic nitrogens is 1. The van der Waals surface area contributed by atoms with E-state index in [0.717, 1.165) is 19.3 Å². The molecule has 30 heavy (non-hydrogen) atoms. The minimum atomic E-state index is -0.274. The Balaban J connectivity index is 1.74. The first-order valence-electron chi connectivity index (χ1n) is 12.1. The van der Waals surface area contributed by atoms with Crippen LogP contribution in [0.5, 0.6) is 5.75 Å². The van der Waals surface area contributed by atoms with Crippen molar-refractivity contribution in [3.63, 3.8) is 0 Å². The molecule has 2 aromatic rings. The van der Waals surface area contributed by atoms with Crippen LogP contribution in [-0.4, -0.2) is 11.6 Å². The molecule has 0 saturated heterocycles. The molecule has 0 amide bonds. The van der Waals surface area contributed by atoms with Crippen LogP contribution in [0.1, 0.15) is 96.5 Å². The number of unbranched alkanes of at least 4 members (excludes halogenated alkanes) is 10. The van der Waals surface area contributed by atoms with Crippen molar-refractivity contribution in [2.75, 3.05) is 6.61 Å². The molecule has 0 N–H and O–H groups in total. The summed E-state index contributed by atoms with van der Waals surface area (Å²) in [6.07, 6.45) is 18.1. The minimum Gasteiger partial charge on any atom is -0.493 e. The van der Waals surface area contributed by atoms with Gasteiger partial charge in [0, 0.05) is 17.8 Å². The molecule has 1 heterocycles. The van der Waals surface area contributed by atoms with Gasteiger partial charge in [-0.05, 0) is 43.0 Å². The van der Waals surface area contributed by atoms with E-state index in [4.69, 9.17) is 4.74 Å². The highest BCUT2D eigenvalue weighted by Crippen LogP contribution is 2.25. The number of hydrogen-bond donors (Lipinski definition) is 0. The van der Waals surface area contributed by atoms with Gasteiger partial charge in [0.2, 0.25) is 0 Å². The monoisotopic (exact) mass is 413 g/mol. The molecule has 2 nitrogen and oxygen atoms in total. The third kappa shape index (κ3) is 9.28. The average molecular weight is 414 g/mol. The Morgan fingerprint density at radius 2 is 1.43 bits per heavy atom. The first kappa shape index (κ1) is 24.4. The maximum atomic E-state index is 14.5. The smallest absolute Gasteiger partial charge is 0.136 e. The molecule has 0 atom stereocenters. The van der Waals surface area contributed by atoms with Crippen molar-refractivity contribution in [1.29, 1.82) is 0 Å². The summed E-state index contributed by atoms with van der Waals surface area (Å²) in [7, 11) is 0. The van der Waals surface area contributed by atoms with Gasteiger partial charge < -0.3 is 4.74 Å². The van der Waals surface area contributed by atoms with Gasteiger partial charge in [-0.3, -0.25) is 4.98 Å². The van der Waals surface area contributed by atoms with E-state index < -0.39 is 0 Å². The standard InChI is InChI=1S/C27H40FNO/c1-3-5-7-9-10-11-12-13-15-23-16-19-27(29-22-23)25-18-17-24(21-26(25)28)30-20-14-8-6-4-2/h16-19,21-22H,3-15,20H2,1-2H3. The van der Waals surface area contributed by atoms with Gasteiger partial charge in [-0.25, -0.2) is 4.39 Å². The zero-order valence-corrected chi connectivity index (χ0v) is 19.1. The molecule has 0 aliphatic heterocycles. The van der Waals surface area contributed by atoms with Crippen molar-refractivity contribution in [3.05, 3.63) is 47.9 Å². The Morgan fingerprint density at radius 3 is 2.07 bits per heavy atom. The summed E-state index contributed by atoms with van der Waals surface area (Å²) in [6.45, 7) is 5.09. The van der Waals surface area contributed by atoms with E-state index in [-0.39, 0.29) is 5.82 Å². The molecule has 3 heteroatoms. The van der Waals surface area contributed by atoms with E-state index in [0.29, 0.717) is 23.6 Å². The number of pyridine rings is 1. The van der Waals surface area contributed by atoms with Crippen molar-refractivity contribution in [2.45, 2.75) is 97.3 Å². The van der Waals surface area contributed by atoms with Gasteiger partial charge in [-0.15, -0.1) is 0 Å². The number of rotatable bonds is 16. The number of aryl methyl sites for hydroxylation is 1. The quantitative estimate of drug-likeness (QED) is 0.257. The molecule has 0 bridgehead atoms. The lowest BCUT2D eigenvalue weighted by molar-refractivity contribution is 0.303. The van der Waals surface area contributed by atoms with E-state index >= 15 is 0 Å². The number of hydrogen-bond acceptors (Lipinski definition) is 2. The predicted molar refractivity (Wildman–Crippen MR) is 126 cm³/mol. The molecule has 0 aliphatic carbocycles. The number of nitrogens with zero attached hydrogens (tertiary/aromatic N) is 1. The molecule has 0 unspecified atom stereocenters. The first-order chi connectivity index (χ1) is 14.7. The van der Waals surface area contributed by atoms with Crippen LogP contribution in [0, 0.1) is 5.82 Å². The van der Waals surface area contributed by atoms with E-state index in [1.54, 1.807) is 6.07 Å². The Morgan fingerprint density at radius 1 is 0.767 bits per heavy atom. The Hall–Kier alpha value is -1.90. The molecular formula is C27H40FNO. The molecule has 0 aliphatic rings. The van der Waals surface area contributed by atoms with Crippen molar-refractivity contribution in [2.24, 2.45) is 0 Å². The molecule has 0 fully saturated rings. The highest BCUT2D eigenvalue weighted by molar-refractivity contribution is 5.61. The molecule has 1 aromatic heterocycles. The third-order valence-electron chi connectivity index (χ3n) is 5.63. The van der Waals surface area contributed by atoms with Gasteiger partial charge in [0.25, 0.3) is 0 Å². The van der Waals surface area contributed by atoms with Crippen LogP contribution < -0.4 is 4.74 Å². The maximum Gasteiger partial charge on any atom is 0.136 e. The molecule has 166 valence electrons. The van der Waals surface area contributed by atoms with E-state index in [1.807, 2.05) is 18.3 Å². The number of halogens is 1. The van der Waals surface area contributed by atoms with Gasteiger partial charge in [-0.1, -0.05) is 84.1 Å². The SMILES string of the molecule is CCCCCCCCCCc1ccc(-c2ccc(OCCCCCC)cc2F)nc1. The maximum absolute atomic E-state index is 14.5. The number of ether oxygens (including phenoxy) is 1. The highest BCUT2D eigenvalue weighted by atomic mass is 19.1. The second kappa shape index (κ2) is 15.0. The lowest BCUT2D eigenvalue weighted by Crippen LogP contribution is -1.98. The average Bonchev–Trinajstić information content (AvgIpc) is 2.76. The third-order valence-corrected chi connectivity index (χ3v) is 5.63. The van der Waals surface area contributed by atoms with Crippen LogP contribution in [0.15, 0.2) is 36.5 Å². The van der Waals surface area contributed by atoms with Crippen LogP contribution in [0.2, 0.25) is 0 Å². The molecular weight excluding hydrogens is 373 g/mol. The van der Waals surface area contributed by atoms with Crippen molar-refractivity contribution in [1.82, 2.24) is 4.98 Å². The van der Waals surface area contributed by atoms with Gasteiger partial charge in [0.15, 0.2) is 0 Å². The zero-order chi connectivity index (χ0) is 21.4. The fraction of sp³-hybridized carbons (Fsp3) is 0.593. The van der Waals surface area contributed by atoms with Crippen LogP contribution in [0.4, 0.5) is 4.39 Å². The Kier molecular flexibility index (Phi) is 12.2. The minimum absolute atomic E-state index is 0.274. The topological polar surface area (TPSA) is 22.1 Å². The molecule has 1 aromatic carbocycles. The van der Waals surface area contributed by atoms with Crippen LogP contribution in [0.25, 0.3) is 11.3 Å². The summed E-state index contributed by atoms with van der Waals surface area (Å²) >= 11 is 0. The highest BCUT2D eigenvalue weighted by Gasteiger charge is 2.08. The molecule has 0 radical (unpaired) electrons. The summed E-state index contributed by atoms with van der Waals surface area (Å²) in [4.78, 5) is 4.50. The normalized spacial score (nSPS) is 11.0. The summed E-state index contributed by atoms with van der Waals surface area (Å²) < 4.78 is 20.2. The van der Waals surface area contributed by atoms with E-state index in [9.17, 15) is 4.39 Å². The van der Waals surface area contributed by atoms with Crippen molar-refractivity contribution < 1.29 is 9.13 Å². The van der Waals surface area contributed by atoms with Gasteiger partial charge in [-0.2, -0.15) is 0 Å². The van der Waals surface area contributed by atoms with Gasteiger partial charge in [0.05, 0.1) is 12.3 Å². The second-order valence-corrected chi connectivity index (χ2v) is 8.33. The van der Waals surface area contributed by atoms with Crippen LogP contribution >= 0.6 is 0 Å². The largest absolute Gasteiger partial charge is 0.493 e. The number of benzene rings is 1. The lowest BCUT2D eigenvalue weighted by Gasteiger charge is -2.09. The van der Waals surface area contributed by atoms with Gasteiger partial charge >= 0.3 is 0 Å². The summed E-state index contributed by atoms with van der Waals surface area (Å²) in [5.41, 5.74) is 2.45. The van der Waals surface area contributed by atoms with Crippen molar-refractivity contribution >= 4 is 0 Å². The zero-order valence-electron chi connectivity index (χ0n) is 19.1.